The molecule has 0 aromatic carbocycles. The van der Waals surface area contributed by atoms with Crippen LogP contribution < -0.4 is 14.8 Å². The molecule has 0 radical (unpaired) electrons. The van der Waals surface area contributed by atoms with E-state index in [0.29, 0.717) is 18.7 Å². The number of pyridine rings is 1. The molecule has 0 amide bonds. The molecule has 2 unspecified atom stereocenters. The van der Waals surface area contributed by atoms with Crippen molar-refractivity contribution < 1.29 is 35.9 Å². The van der Waals surface area contributed by atoms with E-state index in [-0.39, 0.29) is 31.7 Å². The number of aldehydes is 1. The van der Waals surface area contributed by atoms with Crippen molar-refractivity contribution in [3.05, 3.63) is 23.4 Å². The summed E-state index contributed by atoms with van der Waals surface area (Å²) in [6, 6.07) is 0.516. The average Bonchev–Trinajstić information content (AvgIpc) is 3.16. The van der Waals surface area contributed by atoms with Crippen LogP contribution in [0.2, 0.25) is 0 Å². The van der Waals surface area contributed by atoms with Crippen molar-refractivity contribution in [2.45, 2.75) is 68.6 Å². The third-order valence-corrected chi connectivity index (χ3v) is 7.23. The van der Waals surface area contributed by atoms with Gasteiger partial charge in [-0.2, -0.15) is 13.2 Å². The van der Waals surface area contributed by atoms with Crippen molar-refractivity contribution in [3.63, 3.8) is 0 Å². The number of carbonyl (C=O) groups is 1. The molecule has 8 nitrogen and oxygen atoms in total. The van der Waals surface area contributed by atoms with Crippen LogP contribution in [0.1, 0.15) is 49.1 Å². The molecular formula is C20H28F3N3O5S. The predicted octanol–water partition coefficient (Wildman–Crippen LogP) is 2.18. The minimum Gasteiger partial charge on any atom is -0.470 e. The first-order chi connectivity index (χ1) is 15.1. The van der Waals surface area contributed by atoms with Crippen LogP contribution in [0.3, 0.4) is 0 Å². The van der Waals surface area contributed by atoms with Gasteiger partial charge in [-0.1, -0.05) is 0 Å². The van der Waals surface area contributed by atoms with E-state index in [1.165, 1.54) is 0 Å². The van der Waals surface area contributed by atoms with Gasteiger partial charge >= 0.3 is 15.5 Å². The minimum atomic E-state index is -5.40. The molecule has 0 bridgehead atoms. The number of hydrogen-bond acceptors (Lipinski definition) is 7. The summed E-state index contributed by atoms with van der Waals surface area (Å²) in [7, 11) is -5.40. The highest BCUT2D eigenvalue weighted by Gasteiger charge is 2.48. The molecule has 1 saturated heterocycles. The van der Waals surface area contributed by atoms with E-state index >= 15 is 0 Å². The molecule has 2 aliphatic rings. The highest BCUT2D eigenvalue weighted by atomic mass is 32.2. The fraction of sp³-hybridized carbons (Fsp3) is 0.700. The summed E-state index contributed by atoms with van der Waals surface area (Å²) in [6.45, 7) is 2.45. The number of rotatable bonds is 9. The largest absolute Gasteiger partial charge is 0.511 e. The molecule has 3 rings (SSSR count). The summed E-state index contributed by atoms with van der Waals surface area (Å²) in [5.74, 6) is 0.678. The van der Waals surface area contributed by atoms with Crippen LogP contribution in [0.25, 0.3) is 0 Å². The molecule has 2 N–H and O–H groups in total. The van der Waals surface area contributed by atoms with Crippen molar-refractivity contribution in [1.82, 2.24) is 15.0 Å². The van der Waals surface area contributed by atoms with E-state index in [4.69, 9.17) is 9.47 Å². The second kappa shape index (κ2) is 10.4. The number of halogens is 3. The van der Waals surface area contributed by atoms with Gasteiger partial charge in [0.1, 0.15) is 6.61 Å². The van der Waals surface area contributed by atoms with Gasteiger partial charge in [0.05, 0.1) is 12.7 Å². The van der Waals surface area contributed by atoms with Gasteiger partial charge in [-0.25, -0.2) is 18.1 Å². The fourth-order valence-corrected chi connectivity index (χ4v) is 5.19. The Labute approximate surface area is 185 Å². The lowest BCUT2D eigenvalue weighted by atomic mass is 9.81. The summed E-state index contributed by atoms with van der Waals surface area (Å²) in [4.78, 5) is 14.9. The van der Waals surface area contributed by atoms with Gasteiger partial charge in [-0.15, -0.1) is 0 Å². The molecule has 1 aliphatic carbocycles. The summed E-state index contributed by atoms with van der Waals surface area (Å²) in [6.07, 6.45) is 5.65. The lowest BCUT2D eigenvalue weighted by molar-refractivity contribution is -0.109. The molecule has 1 saturated carbocycles. The van der Waals surface area contributed by atoms with E-state index in [1.807, 2.05) is 13.0 Å². The minimum absolute atomic E-state index is 0.0600. The van der Waals surface area contributed by atoms with Crippen LogP contribution in [-0.2, 0) is 19.6 Å². The number of hydrogen-bond donors (Lipinski definition) is 2. The zero-order valence-electron chi connectivity index (χ0n) is 17.7. The summed E-state index contributed by atoms with van der Waals surface area (Å²) >= 11 is 0. The van der Waals surface area contributed by atoms with E-state index < -0.39 is 27.6 Å². The van der Waals surface area contributed by atoms with E-state index in [0.717, 1.165) is 36.8 Å². The van der Waals surface area contributed by atoms with Crippen molar-refractivity contribution >= 4 is 16.3 Å². The Balaban J connectivity index is 1.52. The van der Waals surface area contributed by atoms with Crippen molar-refractivity contribution in [2.75, 3.05) is 19.8 Å². The van der Waals surface area contributed by atoms with Gasteiger partial charge < -0.3 is 14.8 Å². The standard InChI is InChI=1S/C20H28F3N3O5S/c1-13-6-8-25-19(30-11-10-27)18(13)14-2-4-15(5-3-14)31-12-17-16(7-9-24-17)26-32(28,29)20(21,22)23/h6,8,10,14-17,24,26H,2-5,7,9,11-12H2,1H3/t14-,15+,16?,17?. The number of aromatic nitrogens is 1. The molecule has 1 aliphatic heterocycles. The number of sulfonamides is 1. The second-order valence-corrected chi connectivity index (χ2v) is 9.86. The number of nitrogens with one attached hydrogen (secondary N) is 2. The van der Waals surface area contributed by atoms with Crippen LogP contribution in [-0.4, -0.2) is 63.1 Å². The smallest absolute Gasteiger partial charge is 0.470 e. The predicted molar refractivity (Wildman–Crippen MR) is 110 cm³/mol. The molecule has 2 fully saturated rings. The Kier molecular flexibility index (Phi) is 8.12. The number of nitrogens with zero attached hydrogens (tertiary/aromatic N) is 1. The van der Waals surface area contributed by atoms with Crippen LogP contribution in [0, 0.1) is 6.92 Å². The van der Waals surface area contributed by atoms with Crippen LogP contribution >= 0.6 is 0 Å². The van der Waals surface area contributed by atoms with Gasteiger partial charge in [0.25, 0.3) is 0 Å². The van der Waals surface area contributed by atoms with Gasteiger partial charge in [0.15, 0.2) is 6.29 Å². The molecule has 1 aromatic heterocycles. The van der Waals surface area contributed by atoms with E-state index in [2.05, 4.69) is 10.3 Å². The lowest BCUT2D eigenvalue weighted by Gasteiger charge is -2.31. The topological polar surface area (TPSA) is 107 Å². The van der Waals surface area contributed by atoms with Crippen LogP contribution in [0.4, 0.5) is 13.2 Å². The first-order valence-corrected chi connectivity index (χ1v) is 12.1. The molecular weight excluding hydrogens is 451 g/mol. The average molecular weight is 480 g/mol. The molecule has 0 spiro atoms. The highest BCUT2D eigenvalue weighted by Crippen LogP contribution is 2.39. The van der Waals surface area contributed by atoms with Crippen molar-refractivity contribution in [2.24, 2.45) is 0 Å². The SMILES string of the molecule is Cc1ccnc(OCC=O)c1[C@H]1CC[C@@H](OCC2NCCC2NS(=O)(=O)C(F)(F)F)CC1. The summed E-state index contributed by atoms with van der Waals surface area (Å²) in [5, 5.41) is 3.02. The molecule has 32 heavy (non-hydrogen) atoms. The first kappa shape index (κ1) is 24.9. The number of alkyl halides is 3. The van der Waals surface area contributed by atoms with E-state index in [1.54, 1.807) is 10.9 Å². The van der Waals surface area contributed by atoms with Crippen LogP contribution in [0.15, 0.2) is 12.3 Å². The Hall–Kier alpha value is -1.76. The molecule has 1 aromatic rings. The van der Waals surface area contributed by atoms with Crippen molar-refractivity contribution in [1.29, 1.82) is 0 Å². The zero-order chi connectivity index (χ0) is 23.4. The first-order valence-electron chi connectivity index (χ1n) is 10.6. The second-order valence-electron chi connectivity index (χ2n) is 8.15. The number of aryl methyl sites for hydroxylation is 1. The summed E-state index contributed by atoms with van der Waals surface area (Å²) in [5.41, 5.74) is -3.30. The maximum atomic E-state index is 12.7. The summed E-state index contributed by atoms with van der Waals surface area (Å²) < 4.78 is 74.0. The third kappa shape index (κ3) is 5.97. The maximum absolute atomic E-state index is 12.7. The lowest BCUT2D eigenvalue weighted by Crippen LogP contribution is -2.49. The fourth-order valence-electron chi connectivity index (χ4n) is 4.38. The van der Waals surface area contributed by atoms with E-state index in [9.17, 15) is 26.4 Å². The maximum Gasteiger partial charge on any atom is 0.511 e. The Bertz CT molecular complexity index is 889. The monoisotopic (exact) mass is 479 g/mol. The number of carbonyl (C=O) groups excluding carboxylic acids is 1. The Morgan fingerprint density at radius 3 is 2.62 bits per heavy atom. The quantitative estimate of drug-likeness (QED) is 0.523. The molecule has 180 valence electrons. The van der Waals surface area contributed by atoms with Gasteiger partial charge in [0, 0.05) is 23.8 Å². The Morgan fingerprint density at radius 1 is 1.25 bits per heavy atom. The number of ether oxygens (including phenoxy) is 2. The molecule has 2 heterocycles. The molecule has 2 atom stereocenters. The van der Waals surface area contributed by atoms with Gasteiger partial charge in [-0.3, -0.25) is 4.79 Å². The highest BCUT2D eigenvalue weighted by molar-refractivity contribution is 7.90. The third-order valence-electron chi connectivity index (χ3n) is 6.01. The van der Waals surface area contributed by atoms with Gasteiger partial charge in [0.2, 0.25) is 5.88 Å². The van der Waals surface area contributed by atoms with Gasteiger partial charge in [-0.05, 0) is 63.1 Å². The molecule has 12 heteroatoms. The normalized spacial score (nSPS) is 26.8. The van der Waals surface area contributed by atoms with Crippen molar-refractivity contribution in [3.8, 4) is 5.88 Å². The van der Waals surface area contributed by atoms with Crippen LogP contribution in [0.5, 0.6) is 5.88 Å². The Morgan fingerprint density at radius 2 is 1.97 bits per heavy atom. The zero-order valence-corrected chi connectivity index (χ0v) is 18.5.